The van der Waals surface area contributed by atoms with Gasteiger partial charge in [-0.15, -0.1) is 5.10 Å². The highest BCUT2D eigenvalue weighted by atomic mass is 32.1. The molecule has 2 rings (SSSR count). The van der Waals surface area contributed by atoms with Crippen LogP contribution in [0.25, 0.3) is 5.52 Å². The van der Waals surface area contributed by atoms with Crippen LogP contribution in [0.15, 0.2) is 17.6 Å². The van der Waals surface area contributed by atoms with Crippen molar-refractivity contribution in [3.05, 3.63) is 17.6 Å². The normalized spacial score (nSPS) is 10.5. The van der Waals surface area contributed by atoms with Crippen molar-refractivity contribution in [2.24, 2.45) is 0 Å². The van der Waals surface area contributed by atoms with Crippen LogP contribution in [0.3, 0.4) is 0 Å². The zero-order valence-corrected chi connectivity index (χ0v) is 4.80. The van der Waals surface area contributed by atoms with E-state index < -0.39 is 0 Å². The molecule has 0 bridgehead atoms. The smallest absolute Gasteiger partial charge is 0.0994 e. The Kier molecular flexibility index (Phi) is 0.648. The Hall–Kier alpha value is -0.900. The Morgan fingerprint density at radius 1 is 1.62 bits per heavy atom. The summed E-state index contributed by atoms with van der Waals surface area (Å²) in [7, 11) is 0. The molecule has 0 spiro atoms. The molecule has 2 heterocycles. The first-order valence-corrected chi connectivity index (χ1v) is 3.05. The van der Waals surface area contributed by atoms with Crippen molar-refractivity contribution >= 4 is 17.0 Å². The van der Waals surface area contributed by atoms with Crippen molar-refractivity contribution in [3.63, 3.8) is 0 Å². The van der Waals surface area contributed by atoms with E-state index in [1.165, 1.54) is 11.5 Å². The third kappa shape index (κ3) is 0.376. The molecule has 0 unspecified atom stereocenters. The molecular weight excluding hydrogens is 122 g/mol. The lowest BCUT2D eigenvalue weighted by Gasteiger charge is -1.68. The predicted molar refractivity (Wildman–Crippen MR) is 30.9 cm³/mol. The first-order chi connectivity index (χ1) is 3.97. The van der Waals surface area contributed by atoms with Gasteiger partial charge in [-0.25, -0.2) is 0 Å². The number of hydrogen-bond acceptors (Lipinski definition) is 3. The molecule has 8 heavy (non-hydrogen) atoms. The van der Waals surface area contributed by atoms with Crippen LogP contribution in [0, 0.1) is 0 Å². The third-order valence-electron chi connectivity index (χ3n) is 0.943. The minimum atomic E-state index is 1.06. The van der Waals surface area contributed by atoms with Crippen LogP contribution in [0.4, 0.5) is 0 Å². The number of fused-ring (bicyclic) bond motifs is 1. The summed E-state index contributed by atoms with van der Waals surface area (Å²) in [6.07, 6.45) is 1.73. The van der Waals surface area contributed by atoms with Crippen LogP contribution < -0.4 is 0 Å². The van der Waals surface area contributed by atoms with Crippen molar-refractivity contribution < 1.29 is 0 Å². The summed E-state index contributed by atoms with van der Waals surface area (Å²) in [6, 6.07) is 1.98. The van der Waals surface area contributed by atoms with Gasteiger partial charge in [-0.2, -0.15) is 3.90 Å². The fourth-order valence-electron chi connectivity index (χ4n) is 0.579. The number of aromatic nitrogens is 3. The quantitative estimate of drug-likeness (QED) is 0.521. The minimum absolute atomic E-state index is 1.06. The predicted octanol–water partition coefficient (Wildman–Crippen LogP) is 0.791. The highest BCUT2D eigenvalue weighted by Crippen LogP contribution is 2.03. The van der Waals surface area contributed by atoms with Gasteiger partial charge in [0.05, 0.1) is 11.7 Å². The van der Waals surface area contributed by atoms with Crippen LogP contribution in [0.5, 0.6) is 0 Å². The fraction of sp³-hybridized carbons (Fsp3) is 0. The van der Waals surface area contributed by atoms with Gasteiger partial charge in [-0.1, -0.05) is 5.21 Å². The molecule has 4 heteroatoms. The maximum absolute atomic E-state index is 3.76. The Bertz CT molecular complexity index is 233. The van der Waals surface area contributed by atoms with E-state index in [0.717, 1.165) is 5.52 Å². The van der Waals surface area contributed by atoms with Crippen LogP contribution in [-0.4, -0.2) is 14.2 Å². The first kappa shape index (κ1) is 4.03. The van der Waals surface area contributed by atoms with Gasteiger partial charge < -0.3 is 0 Å². The molecule has 0 aromatic carbocycles. The lowest BCUT2D eigenvalue weighted by Crippen LogP contribution is -1.73. The van der Waals surface area contributed by atoms with Crippen LogP contribution in [-0.2, 0) is 0 Å². The second-order valence-electron chi connectivity index (χ2n) is 1.44. The summed E-state index contributed by atoms with van der Waals surface area (Å²) < 4.78 is 1.76. The van der Waals surface area contributed by atoms with Gasteiger partial charge in [0.1, 0.15) is 0 Å². The Morgan fingerprint density at radius 2 is 2.62 bits per heavy atom. The molecule has 0 aliphatic rings. The Labute approximate surface area is 49.7 Å². The molecule has 40 valence electrons. The summed E-state index contributed by atoms with van der Waals surface area (Å²) >= 11 is 1.54. The largest absolute Gasteiger partial charge is 0.166 e. The van der Waals surface area contributed by atoms with Crippen LogP contribution >= 0.6 is 11.5 Å². The Morgan fingerprint density at radius 3 is 3.50 bits per heavy atom. The zero-order chi connectivity index (χ0) is 5.40. The molecule has 2 aromatic heterocycles. The van der Waals surface area contributed by atoms with E-state index in [-0.39, 0.29) is 0 Å². The molecule has 0 amide bonds. The molecular formula is C4H3N3S. The molecule has 0 atom stereocenters. The Balaban J connectivity index is 3.06. The molecule has 0 radical (unpaired) electrons. The lowest BCUT2D eigenvalue weighted by molar-refractivity contribution is 0.918. The molecule has 2 aromatic rings. The molecule has 3 nitrogen and oxygen atoms in total. The van der Waals surface area contributed by atoms with E-state index >= 15 is 0 Å². The average Bonchev–Trinajstić information content (AvgIpc) is 2.15. The van der Waals surface area contributed by atoms with E-state index in [1.807, 2.05) is 11.4 Å². The van der Waals surface area contributed by atoms with E-state index in [0.29, 0.717) is 0 Å². The average molecular weight is 125 g/mol. The SMILES string of the molecule is c1cc2cnnn2s1. The standard InChI is InChI=1S/C4H3N3S/c1-2-8-7-4(1)3-5-6-7/h1-3H. The number of nitrogens with zero attached hydrogens (tertiary/aromatic N) is 3. The van der Waals surface area contributed by atoms with Gasteiger partial charge in [-0.05, 0) is 17.6 Å². The number of hydrogen-bond donors (Lipinski definition) is 0. The fourth-order valence-corrected chi connectivity index (χ4v) is 1.21. The van der Waals surface area contributed by atoms with E-state index in [1.54, 1.807) is 10.1 Å². The van der Waals surface area contributed by atoms with Crippen molar-refractivity contribution in [2.75, 3.05) is 0 Å². The monoisotopic (exact) mass is 125 g/mol. The first-order valence-electron chi connectivity index (χ1n) is 2.21. The lowest BCUT2D eigenvalue weighted by atomic mass is 10.6. The molecule has 0 aliphatic carbocycles. The second-order valence-corrected chi connectivity index (χ2v) is 2.27. The van der Waals surface area contributed by atoms with Gasteiger partial charge in [0.25, 0.3) is 0 Å². The molecule has 0 N–H and O–H groups in total. The van der Waals surface area contributed by atoms with Crippen molar-refractivity contribution in [3.8, 4) is 0 Å². The summed E-state index contributed by atoms with van der Waals surface area (Å²) in [6.45, 7) is 0. The summed E-state index contributed by atoms with van der Waals surface area (Å²) in [5.74, 6) is 0. The molecule has 0 saturated heterocycles. The third-order valence-corrected chi connectivity index (χ3v) is 1.68. The van der Waals surface area contributed by atoms with Crippen molar-refractivity contribution in [1.29, 1.82) is 0 Å². The summed E-state index contributed by atoms with van der Waals surface area (Å²) in [5, 5.41) is 9.42. The van der Waals surface area contributed by atoms with Gasteiger partial charge in [0.15, 0.2) is 0 Å². The van der Waals surface area contributed by atoms with E-state index in [2.05, 4.69) is 10.3 Å². The summed E-state index contributed by atoms with van der Waals surface area (Å²) in [4.78, 5) is 0. The van der Waals surface area contributed by atoms with Gasteiger partial charge >= 0.3 is 0 Å². The van der Waals surface area contributed by atoms with Gasteiger partial charge in [0.2, 0.25) is 0 Å². The zero-order valence-electron chi connectivity index (χ0n) is 3.98. The second kappa shape index (κ2) is 1.29. The van der Waals surface area contributed by atoms with Crippen molar-refractivity contribution in [1.82, 2.24) is 14.2 Å². The minimum Gasteiger partial charge on any atom is -0.166 e. The number of rotatable bonds is 0. The van der Waals surface area contributed by atoms with Crippen LogP contribution in [0.2, 0.25) is 0 Å². The summed E-state index contributed by atoms with van der Waals surface area (Å²) in [5.41, 5.74) is 1.06. The maximum Gasteiger partial charge on any atom is 0.0994 e. The topological polar surface area (TPSA) is 30.2 Å². The van der Waals surface area contributed by atoms with Gasteiger partial charge in [0, 0.05) is 5.38 Å². The maximum atomic E-state index is 3.76. The molecule has 0 aliphatic heterocycles. The highest BCUT2D eigenvalue weighted by Gasteiger charge is 1.90. The van der Waals surface area contributed by atoms with Gasteiger partial charge in [-0.3, -0.25) is 0 Å². The van der Waals surface area contributed by atoms with Crippen molar-refractivity contribution in [2.45, 2.75) is 0 Å². The van der Waals surface area contributed by atoms with Crippen LogP contribution in [0.1, 0.15) is 0 Å². The molecule has 0 saturated carbocycles. The van der Waals surface area contributed by atoms with E-state index in [9.17, 15) is 0 Å². The highest BCUT2D eigenvalue weighted by molar-refractivity contribution is 7.04. The molecule has 0 fully saturated rings. The van der Waals surface area contributed by atoms with E-state index in [4.69, 9.17) is 0 Å².